The third kappa shape index (κ3) is 3.17. The summed E-state index contributed by atoms with van der Waals surface area (Å²) in [7, 11) is 0. The van der Waals surface area contributed by atoms with Gasteiger partial charge in [-0.25, -0.2) is 4.39 Å². The van der Waals surface area contributed by atoms with E-state index in [1.807, 2.05) is 13.8 Å². The van der Waals surface area contributed by atoms with Crippen molar-refractivity contribution in [2.75, 3.05) is 11.9 Å². The van der Waals surface area contributed by atoms with Crippen molar-refractivity contribution in [1.82, 2.24) is 0 Å². The molecule has 0 aromatic heterocycles. The minimum absolute atomic E-state index is 0.184. The molecule has 0 amide bonds. The van der Waals surface area contributed by atoms with Gasteiger partial charge in [0.1, 0.15) is 11.5 Å². The highest BCUT2D eigenvalue weighted by molar-refractivity contribution is 5.63. The van der Waals surface area contributed by atoms with E-state index in [4.69, 9.17) is 5.73 Å². The zero-order valence-electron chi connectivity index (χ0n) is 10.9. The van der Waals surface area contributed by atoms with E-state index in [9.17, 15) is 18.9 Å². The molecule has 0 bridgehead atoms. The molecule has 0 saturated heterocycles. The van der Waals surface area contributed by atoms with Crippen molar-refractivity contribution in [3.8, 4) is 0 Å². The quantitative estimate of drug-likeness (QED) is 0.617. The summed E-state index contributed by atoms with van der Waals surface area (Å²) in [5, 5.41) is 13.7. The van der Waals surface area contributed by atoms with Crippen LogP contribution in [0.4, 0.5) is 20.2 Å². The number of nitrogens with one attached hydrogen (secondary N) is 1. The normalized spacial score (nSPS) is 11.4. The van der Waals surface area contributed by atoms with Crippen LogP contribution < -0.4 is 11.1 Å². The molecule has 0 fully saturated rings. The van der Waals surface area contributed by atoms with E-state index >= 15 is 0 Å². The predicted molar refractivity (Wildman–Crippen MR) is 69.0 cm³/mol. The molecule has 5 nitrogen and oxygen atoms in total. The van der Waals surface area contributed by atoms with Crippen molar-refractivity contribution < 1.29 is 13.7 Å². The number of hydrogen-bond donors (Lipinski definition) is 2. The van der Waals surface area contributed by atoms with E-state index in [1.54, 1.807) is 0 Å². The molecule has 0 aliphatic heterocycles. The van der Waals surface area contributed by atoms with Crippen molar-refractivity contribution in [3.63, 3.8) is 0 Å². The molecular weight excluding hydrogens is 256 g/mol. The summed E-state index contributed by atoms with van der Waals surface area (Å²) in [6.45, 7) is 3.91. The summed E-state index contributed by atoms with van der Waals surface area (Å²) in [6.07, 6.45) is 1.16. The van der Waals surface area contributed by atoms with Crippen LogP contribution in [0.2, 0.25) is 0 Å². The number of anilines is 1. The van der Waals surface area contributed by atoms with Gasteiger partial charge in [-0.3, -0.25) is 10.1 Å². The van der Waals surface area contributed by atoms with E-state index in [2.05, 4.69) is 5.32 Å². The number of halogens is 2. The third-order valence-electron chi connectivity index (χ3n) is 3.35. The fraction of sp³-hybridized carbons (Fsp3) is 0.500. The fourth-order valence-corrected chi connectivity index (χ4v) is 1.90. The first-order valence-corrected chi connectivity index (χ1v) is 6.00. The van der Waals surface area contributed by atoms with Crippen molar-refractivity contribution in [1.29, 1.82) is 0 Å². The second-order valence-electron chi connectivity index (χ2n) is 4.36. The minimum Gasteiger partial charge on any atom is -0.373 e. The van der Waals surface area contributed by atoms with Gasteiger partial charge in [0.25, 0.3) is 0 Å². The van der Waals surface area contributed by atoms with Gasteiger partial charge in [-0.15, -0.1) is 0 Å². The van der Waals surface area contributed by atoms with Crippen molar-refractivity contribution in [2.24, 2.45) is 5.73 Å². The summed E-state index contributed by atoms with van der Waals surface area (Å²) >= 11 is 0. The third-order valence-corrected chi connectivity index (χ3v) is 3.35. The molecule has 1 aromatic rings. The van der Waals surface area contributed by atoms with Gasteiger partial charge in [-0.05, 0) is 12.8 Å². The van der Waals surface area contributed by atoms with E-state index in [1.165, 1.54) is 0 Å². The average Bonchev–Trinajstić information content (AvgIpc) is 2.34. The number of rotatable bonds is 6. The molecule has 0 aliphatic carbocycles. The Morgan fingerprint density at radius 3 is 2.37 bits per heavy atom. The Kier molecular flexibility index (Phi) is 4.77. The van der Waals surface area contributed by atoms with Crippen LogP contribution in [0.15, 0.2) is 12.1 Å². The largest absolute Gasteiger partial charge is 0.373 e. The summed E-state index contributed by atoms with van der Waals surface area (Å²) in [4.78, 5) is 10.0. The van der Waals surface area contributed by atoms with Gasteiger partial charge in [0, 0.05) is 24.2 Å². The highest BCUT2D eigenvalue weighted by atomic mass is 19.1. The van der Waals surface area contributed by atoms with Crippen LogP contribution in [0.3, 0.4) is 0 Å². The molecule has 1 aromatic carbocycles. The first-order valence-electron chi connectivity index (χ1n) is 6.00. The summed E-state index contributed by atoms with van der Waals surface area (Å²) in [5.41, 5.74) is 4.09. The summed E-state index contributed by atoms with van der Waals surface area (Å²) in [5.74, 6) is -2.07. The number of nitro groups is 1. The maximum atomic E-state index is 13.5. The second kappa shape index (κ2) is 5.92. The first kappa shape index (κ1) is 15.3. The number of nitrogens with zero attached hydrogens (tertiary/aromatic N) is 1. The van der Waals surface area contributed by atoms with E-state index in [0.717, 1.165) is 6.07 Å². The Labute approximate surface area is 109 Å². The number of benzene rings is 1. The van der Waals surface area contributed by atoms with E-state index in [0.29, 0.717) is 18.9 Å². The Balaban J connectivity index is 3.30. The first-order chi connectivity index (χ1) is 8.89. The number of nitro benzene ring substituents is 1. The van der Waals surface area contributed by atoms with Gasteiger partial charge in [-0.2, -0.15) is 4.39 Å². The Hall–Kier alpha value is -1.76. The van der Waals surface area contributed by atoms with Crippen molar-refractivity contribution in [3.05, 3.63) is 33.9 Å². The standard InChI is InChI=1S/C12H17F2N3O2/c1-3-12(4-2,7-15)16-10-6-8(13)5-9(14)11(10)17(18)19/h5-6,16H,3-4,7,15H2,1-2H3. The molecule has 0 radical (unpaired) electrons. The molecule has 106 valence electrons. The fourth-order valence-electron chi connectivity index (χ4n) is 1.90. The van der Waals surface area contributed by atoms with E-state index < -0.39 is 27.8 Å². The monoisotopic (exact) mass is 273 g/mol. The van der Waals surface area contributed by atoms with Gasteiger partial charge in [0.05, 0.1) is 4.92 Å². The lowest BCUT2D eigenvalue weighted by atomic mass is 9.92. The number of nitrogens with two attached hydrogens (primary N) is 1. The Morgan fingerprint density at radius 2 is 1.95 bits per heavy atom. The molecule has 0 atom stereocenters. The molecule has 0 spiro atoms. The highest BCUT2D eigenvalue weighted by Gasteiger charge is 2.30. The average molecular weight is 273 g/mol. The second-order valence-corrected chi connectivity index (χ2v) is 4.36. The lowest BCUT2D eigenvalue weighted by Gasteiger charge is -2.32. The molecule has 3 N–H and O–H groups in total. The molecule has 7 heteroatoms. The smallest absolute Gasteiger partial charge is 0.327 e. The van der Waals surface area contributed by atoms with Crippen LogP contribution in [-0.2, 0) is 0 Å². The van der Waals surface area contributed by atoms with Crippen LogP contribution in [-0.4, -0.2) is 17.0 Å². The van der Waals surface area contributed by atoms with Crippen LogP contribution in [0.5, 0.6) is 0 Å². The van der Waals surface area contributed by atoms with Crippen LogP contribution in [0.25, 0.3) is 0 Å². The topological polar surface area (TPSA) is 81.2 Å². The SMILES string of the molecule is CCC(CC)(CN)Nc1cc(F)cc(F)c1[N+](=O)[O-]. The Bertz CT molecular complexity index is 468. The summed E-state index contributed by atoms with van der Waals surface area (Å²) in [6, 6.07) is 1.41. The van der Waals surface area contributed by atoms with E-state index in [-0.39, 0.29) is 12.2 Å². The lowest BCUT2D eigenvalue weighted by Crippen LogP contribution is -2.44. The molecule has 0 heterocycles. The molecule has 0 unspecified atom stereocenters. The van der Waals surface area contributed by atoms with Gasteiger partial charge in [-0.1, -0.05) is 13.8 Å². The predicted octanol–water partition coefficient (Wildman–Crippen LogP) is 2.80. The molecule has 1 rings (SSSR count). The zero-order chi connectivity index (χ0) is 14.6. The van der Waals surface area contributed by atoms with Crippen LogP contribution >= 0.6 is 0 Å². The maximum Gasteiger partial charge on any atom is 0.327 e. The maximum absolute atomic E-state index is 13.5. The van der Waals surface area contributed by atoms with Crippen LogP contribution in [0, 0.1) is 21.7 Å². The summed E-state index contributed by atoms with van der Waals surface area (Å²) < 4.78 is 26.7. The van der Waals surface area contributed by atoms with Gasteiger partial charge in [0.15, 0.2) is 0 Å². The van der Waals surface area contributed by atoms with Gasteiger partial charge >= 0.3 is 5.69 Å². The highest BCUT2D eigenvalue weighted by Crippen LogP contribution is 2.32. The zero-order valence-corrected chi connectivity index (χ0v) is 10.9. The van der Waals surface area contributed by atoms with Crippen molar-refractivity contribution in [2.45, 2.75) is 32.2 Å². The lowest BCUT2D eigenvalue weighted by molar-refractivity contribution is -0.386. The molecular formula is C12H17F2N3O2. The van der Waals surface area contributed by atoms with Crippen molar-refractivity contribution >= 4 is 11.4 Å². The minimum atomic E-state index is -1.20. The Morgan fingerprint density at radius 1 is 1.37 bits per heavy atom. The molecule has 0 aliphatic rings. The van der Waals surface area contributed by atoms with Gasteiger partial charge < -0.3 is 11.1 Å². The molecule has 0 saturated carbocycles. The number of hydrogen-bond acceptors (Lipinski definition) is 4. The van der Waals surface area contributed by atoms with Gasteiger partial charge in [0.2, 0.25) is 5.82 Å². The van der Waals surface area contributed by atoms with Crippen LogP contribution in [0.1, 0.15) is 26.7 Å². The molecule has 19 heavy (non-hydrogen) atoms.